The highest BCUT2D eigenvalue weighted by Crippen LogP contribution is 2.63. The van der Waals surface area contributed by atoms with Gasteiger partial charge in [0.25, 0.3) is 0 Å². The van der Waals surface area contributed by atoms with Crippen LogP contribution in [0.2, 0.25) is 0 Å². The number of ether oxygens (including phenoxy) is 1. The Labute approximate surface area is 253 Å². The molecule has 1 heterocycles. The number of Topliss-reactive ketones (excluding diaryl/α,β-unsaturated/α-hetero) is 1. The Kier molecular flexibility index (Phi) is 7.36. The van der Waals surface area contributed by atoms with E-state index in [9.17, 15) is 9.90 Å². The first-order valence-corrected chi connectivity index (χ1v) is 16.5. The first kappa shape index (κ1) is 29.4. The van der Waals surface area contributed by atoms with E-state index in [-0.39, 0.29) is 41.3 Å². The lowest BCUT2D eigenvalue weighted by Crippen LogP contribution is -2.56. The standard InChI is InChI=1S/C39H50O3/c1-20(2)25-12-14-30-29(18-25)34-35-33-26(11-10-23(7)27(33)13-15-31(40)22(5)6)19-28(21(3)4)37(35)42-38(34)36-24(8)32(41)16-17-39(30,36)9/h10-12,14,18-22,24,32,34,36,38,41H,13,15-17H2,1-9H3/t24?,32?,34?,36?,38-,39?/m0/s1. The summed E-state index contributed by atoms with van der Waals surface area (Å²) in [5, 5.41) is 13.8. The minimum Gasteiger partial charge on any atom is -0.488 e. The van der Waals surface area contributed by atoms with Gasteiger partial charge in [-0.15, -0.1) is 0 Å². The summed E-state index contributed by atoms with van der Waals surface area (Å²) in [5.74, 6) is 2.63. The third-order valence-electron chi connectivity index (χ3n) is 11.4. The second kappa shape index (κ2) is 10.5. The zero-order chi connectivity index (χ0) is 30.2. The van der Waals surface area contributed by atoms with Gasteiger partial charge in [0, 0.05) is 23.8 Å². The number of aryl methyl sites for hydroxylation is 2. The minimum absolute atomic E-state index is 0.0291. The van der Waals surface area contributed by atoms with Crippen LogP contribution in [0.25, 0.3) is 10.8 Å². The third kappa shape index (κ3) is 4.36. The van der Waals surface area contributed by atoms with Crippen molar-refractivity contribution in [3.8, 4) is 5.75 Å². The molecule has 0 saturated heterocycles. The summed E-state index contributed by atoms with van der Waals surface area (Å²) in [6, 6.07) is 14.1. The number of ketones is 1. The van der Waals surface area contributed by atoms with Crippen molar-refractivity contribution >= 4 is 16.6 Å². The van der Waals surface area contributed by atoms with Crippen LogP contribution in [0.4, 0.5) is 0 Å². The summed E-state index contributed by atoms with van der Waals surface area (Å²) in [7, 11) is 0. The molecule has 2 aliphatic carbocycles. The van der Waals surface area contributed by atoms with Crippen molar-refractivity contribution in [1.82, 2.24) is 0 Å². The molecule has 0 spiro atoms. The van der Waals surface area contributed by atoms with Gasteiger partial charge in [-0.05, 0) is 99.6 Å². The van der Waals surface area contributed by atoms with Gasteiger partial charge >= 0.3 is 0 Å². The number of fused-ring (bicyclic) bond motifs is 10. The average Bonchev–Trinajstić information content (AvgIpc) is 3.33. The molecule has 0 bridgehead atoms. The highest BCUT2D eigenvalue weighted by atomic mass is 16.5. The van der Waals surface area contributed by atoms with E-state index in [1.807, 2.05) is 13.8 Å². The van der Waals surface area contributed by atoms with Gasteiger partial charge in [0.05, 0.1) is 12.0 Å². The second-order valence-electron chi connectivity index (χ2n) is 14.9. The fourth-order valence-corrected chi connectivity index (χ4v) is 8.80. The molecular weight excluding hydrogens is 516 g/mol. The Morgan fingerprint density at radius 2 is 1.79 bits per heavy atom. The largest absolute Gasteiger partial charge is 0.488 e. The summed E-state index contributed by atoms with van der Waals surface area (Å²) in [5.41, 5.74) is 9.32. The molecule has 3 heteroatoms. The molecule has 1 fully saturated rings. The molecule has 3 aromatic rings. The van der Waals surface area contributed by atoms with Crippen molar-refractivity contribution in [2.75, 3.05) is 0 Å². The molecule has 224 valence electrons. The van der Waals surface area contributed by atoms with Crippen LogP contribution < -0.4 is 4.74 Å². The number of aliphatic hydroxyl groups excluding tert-OH is 1. The zero-order valence-corrected chi connectivity index (χ0v) is 27.2. The normalized spacial score (nSPS) is 28.1. The number of carbonyl (C=O) groups is 1. The molecule has 6 rings (SSSR count). The summed E-state index contributed by atoms with van der Waals surface area (Å²) >= 11 is 0. The molecule has 0 amide bonds. The molecule has 1 aliphatic heterocycles. The number of carbonyl (C=O) groups excluding carboxylic acids is 1. The molecule has 1 saturated carbocycles. The van der Waals surface area contributed by atoms with Crippen molar-refractivity contribution < 1.29 is 14.6 Å². The van der Waals surface area contributed by atoms with E-state index in [2.05, 4.69) is 84.9 Å². The predicted octanol–water partition coefficient (Wildman–Crippen LogP) is 9.12. The summed E-state index contributed by atoms with van der Waals surface area (Å²) in [6.45, 7) is 20.0. The average molecular weight is 567 g/mol. The lowest BCUT2D eigenvalue weighted by Gasteiger charge is -2.54. The Bertz CT molecular complexity index is 1550. The predicted molar refractivity (Wildman–Crippen MR) is 173 cm³/mol. The molecule has 0 radical (unpaired) electrons. The number of benzene rings is 3. The number of hydrogen-bond donors (Lipinski definition) is 1. The fourth-order valence-electron chi connectivity index (χ4n) is 8.80. The van der Waals surface area contributed by atoms with Crippen LogP contribution in [-0.2, 0) is 16.6 Å². The van der Waals surface area contributed by atoms with E-state index in [1.165, 1.54) is 49.7 Å². The van der Waals surface area contributed by atoms with Crippen molar-refractivity contribution in [2.24, 2.45) is 17.8 Å². The number of hydrogen-bond acceptors (Lipinski definition) is 3. The van der Waals surface area contributed by atoms with Gasteiger partial charge in [0.15, 0.2) is 0 Å². The molecule has 6 atom stereocenters. The molecule has 42 heavy (non-hydrogen) atoms. The van der Waals surface area contributed by atoms with Crippen molar-refractivity contribution in [3.05, 3.63) is 75.3 Å². The van der Waals surface area contributed by atoms with E-state index in [4.69, 9.17) is 4.74 Å². The van der Waals surface area contributed by atoms with Gasteiger partial charge in [-0.3, -0.25) is 4.79 Å². The Morgan fingerprint density at radius 1 is 1.05 bits per heavy atom. The quantitative estimate of drug-likeness (QED) is 0.324. The van der Waals surface area contributed by atoms with E-state index in [0.717, 1.165) is 25.0 Å². The molecule has 3 aromatic carbocycles. The second-order valence-corrected chi connectivity index (χ2v) is 14.9. The van der Waals surface area contributed by atoms with Gasteiger partial charge in [-0.1, -0.05) is 85.7 Å². The lowest BCUT2D eigenvalue weighted by molar-refractivity contribution is -0.121. The highest BCUT2D eigenvalue weighted by molar-refractivity contribution is 5.95. The van der Waals surface area contributed by atoms with E-state index >= 15 is 0 Å². The molecule has 3 aliphatic rings. The van der Waals surface area contributed by atoms with Gasteiger partial charge in [-0.25, -0.2) is 0 Å². The van der Waals surface area contributed by atoms with Crippen LogP contribution in [0.15, 0.2) is 36.4 Å². The van der Waals surface area contributed by atoms with Crippen molar-refractivity contribution in [1.29, 1.82) is 0 Å². The van der Waals surface area contributed by atoms with Crippen LogP contribution in [0.5, 0.6) is 5.75 Å². The third-order valence-corrected chi connectivity index (χ3v) is 11.4. The molecule has 3 nitrogen and oxygen atoms in total. The van der Waals surface area contributed by atoms with Crippen molar-refractivity contribution in [3.63, 3.8) is 0 Å². The SMILES string of the molecule is Cc1ccc2cc(C(C)C)c3c(c2c1CCC(=O)C(C)C)C1c2cc(C(C)C)ccc2C2(C)CCC(O)C(C)C2[C@H]1O3. The van der Waals surface area contributed by atoms with E-state index in [0.29, 0.717) is 24.0 Å². The Morgan fingerprint density at radius 3 is 2.45 bits per heavy atom. The van der Waals surface area contributed by atoms with Gasteiger partial charge in [-0.2, -0.15) is 0 Å². The maximum Gasteiger partial charge on any atom is 0.135 e. The molecule has 5 unspecified atom stereocenters. The van der Waals surface area contributed by atoms with E-state index < -0.39 is 0 Å². The van der Waals surface area contributed by atoms with Crippen LogP contribution in [0, 0.1) is 24.7 Å². The first-order chi connectivity index (χ1) is 19.8. The van der Waals surface area contributed by atoms with Crippen LogP contribution in [-0.4, -0.2) is 23.1 Å². The summed E-state index contributed by atoms with van der Waals surface area (Å²) in [4.78, 5) is 12.8. The smallest absolute Gasteiger partial charge is 0.135 e. The Balaban J connectivity index is 1.67. The molecule has 0 aromatic heterocycles. The van der Waals surface area contributed by atoms with E-state index in [1.54, 1.807) is 0 Å². The number of aliphatic hydroxyl groups is 1. The summed E-state index contributed by atoms with van der Waals surface area (Å²) in [6.07, 6.45) is 2.77. The monoisotopic (exact) mass is 566 g/mol. The lowest BCUT2D eigenvalue weighted by atomic mass is 9.51. The topological polar surface area (TPSA) is 46.5 Å². The van der Waals surface area contributed by atoms with Crippen molar-refractivity contribution in [2.45, 2.75) is 123 Å². The van der Waals surface area contributed by atoms with Crippen LogP contribution >= 0.6 is 0 Å². The van der Waals surface area contributed by atoms with Crippen LogP contribution in [0.1, 0.15) is 131 Å². The van der Waals surface area contributed by atoms with Gasteiger partial charge < -0.3 is 9.84 Å². The maximum absolute atomic E-state index is 12.8. The first-order valence-electron chi connectivity index (χ1n) is 16.5. The molecule has 1 N–H and O–H groups in total. The fraction of sp³-hybridized carbons (Fsp3) is 0.564. The Hall–Kier alpha value is -2.65. The van der Waals surface area contributed by atoms with Gasteiger partial charge in [0.2, 0.25) is 0 Å². The summed E-state index contributed by atoms with van der Waals surface area (Å²) < 4.78 is 7.30. The maximum atomic E-state index is 12.8. The zero-order valence-electron chi connectivity index (χ0n) is 27.2. The molecular formula is C39H50O3. The number of rotatable bonds is 6. The van der Waals surface area contributed by atoms with Gasteiger partial charge in [0.1, 0.15) is 17.6 Å². The van der Waals surface area contributed by atoms with Crippen LogP contribution in [0.3, 0.4) is 0 Å². The highest BCUT2D eigenvalue weighted by Gasteiger charge is 2.59. The minimum atomic E-state index is -0.311.